The van der Waals surface area contributed by atoms with Gasteiger partial charge in [0.25, 0.3) is 0 Å². The molecule has 0 aliphatic heterocycles. The molecule has 0 aliphatic carbocycles. The number of ether oxygens (including phenoxy) is 1. The second-order valence-corrected chi connectivity index (χ2v) is 5.24. The molecule has 0 saturated heterocycles. The third-order valence-electron chi connectivity index (χ3n) is 3.74. The molecule has 0 atom stereocenters. The van der Waals surface area contributed by atoms with E-state index < -0.39 is 0 Å². The molecule has 23 heavy (non-hydrogen) atoms. The summed E-state index contributed by atoms with van der Waals surface area (Å²) in [4.78, 5) is 4.57. The molecule has 2 aromatic carbocycles. The summed E-state index contributed by atoms with van der Waals surface area (Å²) >= 11 is 0. The molecular formula is C20H16N2O. The Hall–Kier alpha value is -3.12. The van der Waals surface area contributed by atoms with Crippen molar-refractivity contribution in [2.24, 2.45) is 0 Å². The van der Waals surface area contributed by atoms with Crippen LogP contribution in [-0.2, 0) is 0 Å². The molecule has 0 unspecified atom stereocenters. The SMILES string of the molecule is COc1ccc(C(=CC#N)c2cc(C)nc3ccccc23)cc1. The number of benzene rings is 2. The standard InChI is InChI=1S/C20H16N2O/c1-14-13-19(18-5-3-4-6-20(18)22-14)17(11-12-21)15-7-9-16(23-2)10-8-15/h3-11,13H,1-2H3. The van der Waals surface area contributed by atoms with E-state index in [4.69, 9.17) is 4.74 Å². The van der Waals surface area contributed by atoms with Crippen LogP contribution in [0.2, 0.25) is 0 Å². The first-order valence-corrected chi connectivity index (χ1v) is 7.34. The fourth-order valence-corrected chi connectivity index (χ4v) is 2.68. The lowest BCUT2D eigenvalue weighted by Crippen LogP contribution is -1.94. The number of para-hydroxylation sites is 1. The van der Waals surface area contributed by atoms with Gasteiger partial charge in [-0.25, -0.2) is 0 Å². The van der Waals surface area contributed by atoms with E-state index >= 15 is 0 Å². The van der Waals surface area contributed by atoms with Crippen LogP contribution in [0.1, 0.15) is 16.8 Å². The Kier molecular flexibility index (Phi) is 4.07. The highest BCUT2D eigenvalue weighted by Gasteiger charge is 2.11. The van der Waals surface area contributed by atoms with Crippen LogP contribution in [0.15, 0.2) is 60.7 Å². The van der Waals surface area contributed by atoms with Gasteiger partial charge in [-0.05, 0) is 42.3 Å². The van der Waals surface area contributed by atoms with Gasteiger partial charge in [-0.15, -0.1) is 0 Å². The Balaban J connectivity index is 2.23. The number of hydrogen-bond acceptors (Lipinski definition) is 3. The summed E-state index contributed by atoms with van der Waals surface area (Å²) in [7, 11) is 1.64. The van der Waals surface area contributed by atoms with Crippen LogP contribution in [0.5, 0.6) is 5.75 Å². The van der Waals surface area contributed by atoms with Crippen molar-refractivity contribution in [3.8, 4) is 11.8 Å². The summed E-state index contributed by atoms with van der Waals surface area (Å²) in [6.45, 7) is 1.97. The van der Waals surface area contributed by atoms with Gasteiger partial charge in [-0.2, -0.15) is 5.26 Å². The average Bonchev–Trinajstić information content (AvgIpc) is 2.59. The zero-order chi connectivity index (χ0) is 16.2. The summed E-state index contributed by atoms with van der Waals surface area (Å²) in [5, 5.41) is 10.3. The molecule has 1 heterocycles. The molecule has 0 radical (unpaired) electrons. The van der Waals surface area contributed by atoms with E-state index in [9.17, 15) is 5.26 Å². The Morgan fingerprint density at radius 2 is 1.87 bits per heavy atom. The van der Waals surface area contributed by atoms with Crippen molar-refractivity contribution in [1.82, 2.24) is 4.98 Å². The first-order valence-electron chi connectivity index (χ1n) is 7.34. The highest BCUT2D eigenvalue weighted by Crippen LogP contribution is 2.30. The van der Waals surface area contributed by atoms with Gasteiger partial charge in [-0.1, -0.05) is 30.3 Å². The van der Waals surface area contributed by atoms with Gasteiger partial charge in [0.1, 0.15) is 5.75 Å². The molecule has 0 spiro atoms. The number of aryl methyl sites for hydroxylation is 1. The lowest BCUT2D eigenvalue weighted by Gasteiger charge is -2.12. The van der Waals surface area contributed by atoms with Gasteiger partial charge in [0, 0.05) is 22.7 Å². The zero-order valence-electron chi connectivity index (χ0n) is 13.1. The van der Waals surface area contributed by atoms with E-state index in [0.29, 0.717) is 0 Å². The third-order valence-corrected chi connectivity index (χ3v) is 3.74. The van der Waals surface area contributed by atoms with E-state index in [0.717, 1.165) is 39.0 Å². The Bertz CT molecular complexity index is 919. The van der Waals surface area contributed by atoms with E-state index in [-0.39, 0.29) is 0 Å². The number of rotatable bonds is 3. The third kappa shape index (κ3) is 2.93. The molecule has 0 aliphatic rings. The molecule has 0 fully saturated rings. The molecule has 3 heteroatoms. The minimum Gasteiger partial charge on any atom is -0.497 e. The quantitative estimate of drug-likeness (QED) is 0.669. The summed E-state index contributed by atoms with van der Waals surface area (Å²) < 4.78 is 5.21. The van der Waals surface area contributed by atoms with Gasteiger partial charge in [0.2, 0.25) is 0 Å². The predicted octanol–water partition coefficient (Wildman–Crippen LogP) is 4.51. The monoisotopic (exact) mass is 300 g/mol. The van der Waals surface area contributed by atoms with Crippen molar-refractivity contribution in [3.63, 3.8) is 0 Å². The van der Waals surface area contributed by atoms with Crippen molar-refractivity contribution < 1.29 is 4.74 Å². The smallest absolute Gasteiger partial charge is 0.118 e. The number of aromatic nitrogens is 1. The second kappa shape index (κ2) is 6.33. The Morgan fingerprint density at radius 3 is 2.57 bits per heavy atom. The Morgan fingerprint density at radius 1 is 1.13 bits per heavy atom. The van der Waals surface area contributed by atoms with E-state index in [1.807, 2.05) is 61.5 Å². The number of fused-ring (bicyclic) bond motifs is 1. The van der Waals surface area contributed by atoms with Crippen molar-refractivity contribution in [2.45, 2.75) is 6.92 Å². The van der Waals surface area contributed by atoms with Gasteiger partial charge in [0.15, 0.2) is 0 Å². The average molecular weight is 300 g/mol. The highest BCUT2D eigenvalue weighted by atomic mass is 16.5. The summed E-state index contributed by atoms with van der Waals surface area (Å²) in [5.74, 6) is 0.792. The highest BCUT2D eigenvalue weighted by molar-refractivity contribution is 5.96. The molecule has 0 bridgehead atoms. The topological polar surface area (TPSA) is 45.9 Å². The molecule has 1 aromatic heterocycles. The molecule has 0 amide bonds. The van der Waals surface area contributed by atoms with E-state index in [2.05, 4.69) is 11.1 Å². The summed E-state index contributed by atoms with van der Waals surface area (Å²) in [5.41, 5.74) is 4.73. The second-order valence-electron chi connectivity index (χ2n) is 5.24. The van der Waals surface area contributed by atoms with Crippen LogP contribution < -0.4 is 4.74 Å². The number of nitriles is 1. The van der Waals surface area contributed by atoms with Crippen LogP contribution in [-0.4, -0.2) is 12.1 Å². The molecule has 0 N–H and O–H groups in total. The van der Waals surface area contributed by atoms with Crippen molar-refractivity contribution in [3.05, 3.63) is 77.5 Å². The minimum absolute atomic E-state index is 0.792. The molecule has 3 aromatic rings. The van der Waals surface area contributed by atoms with Crippen LogP contribution in [0.3, 0.4) is 0 Å². The van der Waals surface area contributed by atoms with Crippen molar-refractivity contribution in [1.29, 1.82) is 5.26 Å². The van der Waals surface area contributed by atoms with Crippen LogP contribution >= 0.6 is 0 Å². The van der Waals surface area contributed by atoms with E-state index in [1.165, 1.54) is 0 Å². The van der Waals surface area contributed by atoms with Crippen LogP contribution in [0.4, 0.5) is 0 Å². The maximum absolute atomic E-state index is 9.23. The number of methoxy groups -OCH3 is 1. The largest absolute Gasteiger partial charge is 0.497 e. The molecular weight excluding hydrogens is 284 g/mol. The molecule has 3 rings (SSSR count). The van der Waals surface area contributed by atoms with Gasteiger partial charge < -0.3 is 4.74 Å². The first kappa shape index (κ1) is 14.8. The number of pyridine rings is 1. The van der Waals surface area contributed by atoms with Gasteiger partial charge in [0.05, 0.1) is 18.7 Å². The van der Waals surface area contributed by atoms with Crippen LogP contribution in [0, 0.1) is 18.3 Å². The lowest BCUT2D eigenvalue weighted by molar-refractivity contribution is 0.415. The van der Waals surface area contributed by atoms with Crippen molar-refractivity contribution in [2.75, 3.05) is 7.11 Å². The van der Waals surface area contributed by atoms with Crippen LogP contribution in [0.25, 0.3) is 16.5 Å². The zero-order valence-corrected chi connectivity index (χ0v) is 13.1. The summed E-state index contributed by atoms with van der Waals surface area (Å²) in [6, 6.07) is 19.9. The number of nitrogens with zero attached hydrogens (tertiary/aromatic N) is 2. The van der Waals surface area contributed by atoms with Gasteiger partial charge in [-0.3, -0.25) is 4.98 Å². The fraction of sp³-hybridized carbons (Fsp3) is 0.100. The predicted molar refractivity (Wildman–Crippen MR) is 92.2 cm³/mol. The number of allylic oxidation sites excluding steroid dienone is 1. The number of hydrogen-bond donors (Lipinski definition) is 0. The fourth-order valence-electron chi connectivity index (χ4n) is 2.68. The molecule has 0 saturated carbocycles. The minimum atomic E-state index is 0.792. The molecule has 112 valence electrons. The normalized spacial score (nSPS) is 11.3. The maximum atomic E-state index is 9.23. The summed E-state index contributed by atoms with van der Waals surface area (Å²) in [6.07, 6.45) is 1.59. The maximum Gasteiger partial charge on any atom is 0.118 e. The van der Waals surface area contributed by atoms with E-state index in [1.54, 1.807) is 13.2 Å². The molecule has 3 nitrogen and oxygen atoms in total. The Labute approximate surface area is 135 Å². The lowest BCUT2D eigenvalue weighted by atomic mass is 9.94. The van der Waals surface area contributed by atoms with Crippen molar-refractivity contribution >= 4 is 16.5 Å². The first-order chi connectivity index (χ1) is 11.2. The van der Waals surface area contributed by atoms with Gasteiger partial charge >= 0.3 is 0 Å².